The largest absolute Gasteiger partial charge is 0.288 e. The molecule has 1 rings (SSSR count). The van der Waals surface area contributed by atoms with E-state index in [1.165, 1.54) is 11.8 Å². The number of carbonyl (C=O) groups excluding carboxylic acids is 1. The summed E-state index contributed by atoms with van der Waals surface area (Å²) in [6.07, 6.45) is 3.99. The standard InChI is InChI=1S/C10H10N2OS/c1-9(13)14-8-3-2-5-10-11-6-4-7-12-10/h4,6-7H,3,8H2,1H3. The molecule has 1 aromatic heterocycles. The van der Waals surface area contributed by atoms with Crippen LogP contribution in [0.15, 0.2) is 18.5 Å². The second kappa shape index (κ2) is 6.17. The molecule has 0 spiro atoms. The Bertz CT molecular complexity index is 353. The van der Waals surface area contributed by atoms with Gasteiger partial charge >= 0.3 is 0 Å². The Balaban J connectivity index is 2.31. The molecule has 3 nitrogen and oxygen atoms in total. The van der Waals surface area contributed by atoms with Crippen molar-refractivity contribution in [3.8, 4) is 11.8 Å². The molecule has 0 aromatic carbocycles. The van der Waals surface area contributed by atoms with Crippen molar-refractivity contribution in [3.05, 3.63) is 24.3 Å². The summed E-state index contributed by atoms with van der Waals surface area (Å²) in [5.74, 6) is 6.99. The van der Waals surface area contributed by atoms with Crippen molar-refractivity contribution in [2.24, 2.45) is 0 Å². The van der Waals surface area contributed by atoms with E-state index in [1.54, 1.807) is 25.4 Å². The van der Waals surface area contributed by atoms with Crippen molar-refractivity contribution < 1.29 is 4.79 Å². The molecule has 0 radical (unpaired) electrons. The maximum Gasteiger partial charge on any atom is 0.204 e. The van der Waals surface area contributed by atoms with Crippen LogP contribution in [0.4, 0.5) is 0 Å². The first-order valence-electron chi connectivity index (χ1n) is 4.18. The fourth-order valence-corrected chi connectivity index (χ4v) is 1.24. The van der Waals surface area contributed by atoms with E-state index < -0.39 is 0 Å². The van der Waals surface area contributed by atoms with E-state index in [4.69, 9.17) is 0 Å². The van der Waals surface area contributed by atoms with Gasteiger partial charge in [-0.05, 0) is 12.0 Å². The third kappa shape index (κ3) is 4.63. The number of thioether (sulfide) groups is 1. The third-order valence-corrected chi connectivity index (χ3v) is 2.11. The lowest BCUT2D eigenvalue weighted by molar-refractivity contribution is -0.109. The monoisotopic (exact) mass is 206 g/mol. The zero-order chi connectivity index (χ0) is 10.2. The zero-order valence-corrected chi connectivity index (χ0v) is 8.67. The normalized spacial score (nSPS) is 8.93. The molecule has 0 atom stereocenters. The minimum Gasteiger partial charge on any atom is -0.288 e. The Kier molecular flexibility index (Phi) is 4.73. The van der Waals surface area contributed by atoms with E-state index in [0.29, 0.717) is 12.2 Å². The van der Waals surface area contributed by atoms with Crippen molar-refractivity contribution in [1.82, 2.24) is 9.97 Å². The van der Waals surface area contributed by atoms with Gasteiger partial charge in [-0.1, -0.05) is 17.7 Å². The van der Waals surface area contributed by atoms with Crippen LogP contribution >= 0.6 is 11.8 Å². The van der Waals surface area contributed by atoms with E-state index in [0.717, 1.165) is 5.75 Å². The molecule has 14 heavy (non-hydrogen) atoms. The molecule has 0 N–H and O–H groups in total. The van der Waals surface area contributed by atoms with Crippen molar-refractivity contribution in [2.45, 2.75) is 13.3 Å². The molecule has 0 fully saturated rings. The van der Waals surface area contributed by atoms with Gasteiger partial charge in [0.25, 0.3) is 0 Å². The summed E-state index contributed by atoms with van der Waals surface area (Å²) in [6, 6.07) is 1.75. The van der Waals surface area contributed by atoms with E-state index in [2.05, 4.69) is 21.8 Å². The van der Waals surface area contributed by atoms with E-state index in [9.17, 15) is 4.79 Å². The third-order valence-electron chi connectivity index (χ3n) is 1.30. The maximum absolute atomic E-state index is 10.6. The summed E-state index contributed by atoms with van der Waals surface area (Å²) in [7, 11) is 0. The van der Waals surface area contributed by atoms with Gasteiger partial charge in [0.2, 0.25) is 5.82 Å². The molecule has 0 saturated carbocycles. The van der Waals surface area contributed by atoms with Crippen molar-refractivity contribution in [1.29, 1.82) is 0 Å². The van der Waals surface area contributed by atoms with E-state index >= 15 is 0 Å². The topological polar surface area (TPSA) is 42.9 Å². The summed E-state index contributed by atoms with van der Waals surface area (Å²) < 4.78 is 0. The summed E-state index contributed by atoms with van der Waals surface area (Å²) >= 11 is 1.28. The van der Waals surface area contributed by atoms with Gasteiger partial charge in [0.1, 0.15) is 0 Å². The molecule has 1 aromatic rings. The molecule has 0 aliphatic heterocycles. The van der Waals surface area contributed by atoms with Crippen LogP contribution in [0.3, 0.4) is 0 Å². The number of hydrogen-bond donors (Lipinski definition) is 0. The second-order valence-corrected chi connectivity index (χ2v) is 3.74. The van der Waals surface area contributed by atoms with Gasteiger partial charge in [-0.3, -0.25) is 4.79 Å². The fraction of sp³-hybridized carbons (Fsp3) is 0.300. The molecular weight excluding hydrogens is 196 g/mol. The molecular formula is C10H10N2OS. The molecule has 0 saturated heterocycles. The minimum absolute atomic E-state index is 0.128. The highest BCUT2D eigenvalue weighted by Gasteiger charge is 1.90. The number of hydrogen-bond acceptors (Lipinski definition) is 4. The predicted molar refractivity (Wildman–Crippen MR) is 56.7 cm³/mol. The smallest absolute Gasteiger partial charge is 0.204 e. The van der Waals surface area contributed by atoms with Crippen LogP contribution in [-0.4, -0.2) is 20.8 Å². The highest BCUT2D eigenvalue weighted by molar-refractivity contribution is 8.13. The van der Waals surface area contributed by atoms with Gasteiger partial charge in [-0.15, -0.1) is 0 Å². The molecule has 0 aliphatic rings. The molecule has 0 aliphatic carbocycles. The van der Waals surface area contributed by atoms with Gasteiger partial charge in [-0.2, -0.15) is 0 Å². The van der Waals surface area contributed by atoms with E-state index in [1.807, 2.05) is 0 Å². The van der Waals surface area contributed by atoms with Gasteiger partial charge < -0.3 is 0 Å². The Morgan fingerprint density at radius 3 is 2.86 bits per heavy atom. The van der Waals surface area contributed by atoms with Gasteiger partial charge in [0, 0.05) is 31.5 Å². The zero-order valence-electron chi connectivity index (χ0n) is 7.86. The number of nitrogens with zero attached hydrogens (tertiary/aromatic N) is 2. The highest BCUT2D eigenvalue weighted by atomic mass is 32.2. The average molecular weight is 206 g/mol. The molecule has 0 amide bonds. The van der Waals surface area contributed by atoms with Crippen LogP contribution < -0.4 is 0 Å². The summed E-state index contributed by atoms with van der Waals surface area (Å²) in [4.78, 5) is 18.5. The Hall–Kier alpha value is -1.34. The molecule has 4 heteroatoms. The quantitative estimate of drug-likeness (QED) is 0.543. The Labute approximate surface area is 87.3 Å². The van der Waals surface area contributed by atoms with Crippen LogP contribution in [0, 0.1) is 11.8 Å². The maximum atomic E-state index is 10.6. The van der Waals surface area contributed by atoms with Crippen LogP contribution in [0.25, 0.3) is 0 Å². The SMILES string of the molecule is CC(=O)SCCC#Cc1ncccn1. The fourth-order valence-electron chi connectivity index (χ4n) is 0.751. The lowest BCUT2D eigenvalue weighted by Gasteiger charge is -1.88. The molecule has 1 heterocycles. The van der Waals surface area contributed by atoms with Crippen LogP contribution in [-0.2, 0) is 4.79 Å². The number of carbonyl (C=O) groups is 1. The van der Waals surface area contributed by atoms with Gasteiger partial charge in [0.15, 0.2) is 5.12 Å². The van der Waals surface area contributed by atoms with Gasteiger partial charge in [-0.25, -0.2) is 9.97 Å². The van der Waals surface area contributed by atoms with Crippen molar-refractivity contribution in [3.63, 3.8) is 0 Å². The average Bonchev–Trinajstić information content (AvgIpc) is 2.18. The highest BCUT2D eigenvalue weighted by Crippen LogP contribution is 2.01. The van der Waals surface area contributed by atoms with Crippen molar-refractivity contribution in [2.75, 3.05) is 5.75 Å². The van der Waals surface area contributed by atoms with Gasteiger partial charge in [0.05, 0.1) is 0 Å². The molecule has 72 valence electrons. The minimum atomic E-state index is 0.128. The Morgan fingerprint density at radius 1 is 1.50 bits per heavy atom. The lowest BCUT2D eigenvalue weighted by atomic mass is 10.4. The van der Waals surface area contributed by atoms with Crippen LogP contribution in [0.1, 0.15) is 19.2 Å². The summed E-state index contributed by atoms with van der Waals surface area (Å²) in [5.41, 5.74) is 0. The first-order valence-corrected chi connectivity index (χ1v) is 5.17. The molecule has 0 unspecified atom stereocenters. The summed E-state index contributed by atoms with van der Waals surface area (Å²) in [5, 5.41) is 0.128. The predicted octanol–water partition coefficient (Wildman–Crippen LogP) is 1.50. The first-order chi connectivity index (χ1) is 6.79. The number of rotatable bonds is 2. The Morgan fingerprint density at radius 2 is 2.21 bits per heavy atom. The number of aromatic nitrogens is 2. The van der Waals surface area contributed by atoms with Crippen molar-refractivity contribution >= 4 is 16.9 Å². The summed E-state index contributed by atoms with van der Waals surface area (Å²) in [6.45, 7) is 1.55. The molecule has 0 bridgehead atoms. The lowest BCUT2D eigenvalue weighted by Crippen LogP contribution is -1.86. The van der Waals surface area contributed by atoms with E-state index in [-0.39, 0.29) is 5.12 Å². The first kappa shape index (κ1) is 10.7. The van der Waals surface area contributed by atoms with Crippen LogP contribution in [0.5, 0.6) is 0 Å². The second-order valence-electron chi connectivity index (χ2n) is 2.46. The van der Waals surface area contributed by atoms with Crippen LogP contribution in [0.2, 0.25) is 0 Å².